The summed E-state index contributed by atoms with van der Waals surface area (Å²) >= 11 is 0. The lowest BCUT2D eigenvalue weighted by molar-refractivity contribution is 0.587. The molecule has 2 aromatic carbocycles. The zero-order chi connectivity index (χ0) is 18.7. The number of nitrogens with one attached hydrogen (secondary N) is 2. The molecular formula is C20H23N3O2S. The van der Waals surface area contributed by atoms with Crippen LogP contribution in [0.4, 0.5) is 5.69 Å². The molecule has 0 aliphatic rings. The highest BCUT2D eigenvalue weighted by molar-refractivity contribution is 7.89. The van der Waals surface area contributed by atoms with E-state index in [1.165, 1.54) is 7.05 Å². The fourth-order valence-corrected chi connectivity index (χ4v) is 4.18. The van der Waals surface area contributed by atoms with Crippen molar-refractivity contribution in [3.63, 3.8) is 0 Å². The summed E-state index contributed by atoms with van der Waals surface area (Å²) in [6, 6.07) is 15.0. The maximum Gasteiger partial charge on any atom is 0.240 e. The zero-order valence-corrected chi connectivity index (χ0v) is 16.0. The van der Waals surface area contributed by atoms with Crippen molar-refractivity contribution < 1.29 is 8.42 Å². The SMILES string of the molecule is CCc1c(C)nc2ccccc2c1NCc1ccccc1S(=O)(=O)NC. The van der Waals surface area contributed by atoms with Crippen LogP contribution >= 0.6 is 0 Å². The van der Waals surface area contributed by atoms with Crippen LogP contribution < -0.4 is 10.0 Å². The quantitative estimate of drug-likeness (QED) is 0.696. The van der Waals surface area contributed by atoms with Gasteiger partial charge in [-0.2, -0.15) is 0 Å². The van der Waals surface area contributed by atoms with Crippen molar-refractivity contribution in [2.24, 2.45) is 0 Å². The molecular weight excluding hydrogens is 346 g/mol. The van der Waals surface area contributed by atoms with Crippen LogP contribution in [0, 0.1) is 6.92 Å². The molecule has 0 bridgehead atoms. The number of nitrogens with zero attached hydrogens (tertiary/aromatic N) is 1. The molecule has 1 heterocycles. The molecule has 3 rings (SSSR count). The Balaban J connectivity index is 2.04. The van der Waals surface area contributed by atoms with E-state index >= 15 is 0 Å². The fraction of sp³-hybridized carbons (Fsp3) is 0.250. The molecule has 26 heavy (non-hydrogen) atoms. The molecule has 0 aliphatic heterocycles. The van der Waals surface area contributed by atoms with Gasteiger partial charge in [0, 0.05) is 23.3 Å². The lowest BCUT2D eigenvalue weighted by atomic mass is 10.0. The van der Waals surface area contributed by atoms with E-state index in [1.54, 1.807) is 12.1 Å². The largest absolute Gasteiger partial charge is 0.380 e. The number of pyridine rings is 1. The number of anilines is 1. The van der Waals surface area contributed by atoms with Gasteiger partial charge < -0.3 is 5.32 Å². The first-order chi connectivity index (χ1) is 12.5. The predicted octanol–water partition coefficient (Wildman–Crippen LogP) is 3.63. The maximum atomic E-state index is 12.3. The summed E-state index contributed by atoms with van der Waals surface area (Å²) in [6.07, 6.45) is 0.850. The van der Waals surface area contributed by atoms with Crippen LogP contribution in [-0.4, -0.2) is 20.4 Å². The molecule has 136 valence electrons. The van der Waals surface area contributed by atoms with E-state index in [9.17, 15) is 8.42 Å². The number of rotatable bonds is 6. The van der Waals surface area contributed by atoms with Crippen molar-refractivity contribution in [3.8, 4) is 0 Å². The van der Waals surface area contributed by atoms with E-state index in [4.69, 9.17) is 0 Å². The molecule has 0 saturated carbocycles. The minimum Gasteiger partial charge on any atom is -0.380 e. The highest BCUT2D eigenvalue weighted by Gasteiger charge is 2.17. The molecule has 0 spiro atoms. The lowest BCUT2D eigenvalue weighted by Crippen LogP contribution is -2.21. The van der Waals surface area contributed by atoms with Crippen molar-refractivity contribution >= 4 is 26.6 Å². The normalized spacial score (nSPS) is 11.7. The minimum absolute atomic E-state index is 0.295. The van der Waals surface area contributed by atoms with Gasteiger partial charge in [-0.3, -0.25) is 4.98 Å². The maximum absolute atomic E-state index is 12.3. The van der Waals surface area contributed by atoms with Gasteiger partial charge in [0.2, 0.25) is 10.0 Å². The standard InChI is InChI=1S/C20H23N3O2S/c1-4-16-14(2)23-18-11-7-6-10-17(18)20(16)22-13-15-9-5-8-12-19(15)26(24,25)21-3/h5-12,21H,4,13H2,1-3H3,(H,22,23). The first kappa shape index (κ1) is 18.4. The third-order valence-electron chi connectivity index (χ3n) is 4.54. The van der Waals surface area contributed by atoms with Crippen molar-refractivity contribution in [2.45, 2.75) is 31.7 Å². The molecule has 0 radical (unpaired) electrons. The smallest absolute Gasteiger partial charge is 0.240 e. The van der Waals surface area contributed by atoms with Crippen LogP contribution in [0.15, 0.2) is 53.4 Å². The molecule has 0 aliphatic carbocycles. The summed E-state index contributed by atoms with van der Waals surface area (Å²) in [4.78, 5) is 4.98. The predicted molar refractivity (Wildman–Crippen MR) is 106 cm³/mol. The summed E-state index contributed by atoms with van der Waals surface area (Å²) < 4.78 is 26.9. The Morgan fingerprint density at radius 2 is 1.73 bits per heavy atom. The van der Waals surface area contributed by atoms with Gasteiger partial charge in [0.25, 0.3) is 0 Å². The second-order valence-corrected chi connectivity index (χ2v) is 7.95. The van der Waals surface area contributed by atoms with Crippen LogP contribution in [-0.2, 0) is 23.0 Å². The molecule has 1 aromatic heterocycles. The van der Waals surface area contributed by atoms with Gasteiger partial charge in [-0.25, -0.2) is 13.1 Å². The minimum atomic E-state index is -3.50. The Labute approximate surface area is 154 Å². The average Bonchev–Trinajstić information content (AvgIpc) is 2.66. The van der Waals surface area contributed by atoms with Gasteiger partial charge in [-0.1, -0.05) is 43.3 Å². The first-order valence-corrected chi connectivity index (χ1v) is 10.1. The van der Waals surface area contributed by atoms with E-state index in [0.717, 1.165) is 39.8 Å². The summed E-state index contributed by atoms with van der Waals surface area (Å²) in [5, 5.41) is 4.51. The van der Waals surface area contributed by atoms with E-state index in [0.29, 0.717) is 11.4 Å². The molecule has 6 heteroatoms. The summed E-state index contributed by atoms with van der Waals surface area (Å²) in [6.45, 7) is 4.52. The molecule has 0 saturated heterocycles. The van der Waals surface area contributed by atoms with Crippen LogP contribution in [0.5, 0.6) is 0 Å². The van der Waals surface area contributed by atoms with Crippen molar-refractivity contribution in [3.05, 3.63) is 65.4 Å². The molecule has 0 atom stereocenters. The Kier molecular flexibility index (Phi) is 5.25. The molecule has 3 aromatic rings. The average molecular weight is 369 g/mol. The van der Waals surface area contributed by atoms with Crippen LogP contribution in [0.3, 0.4) is 0 Å². The topological polar surface area (TPSA) is 71.1 Å². The Morgan fingerprint density at radius 1 is 1.04 bits per heavy atom. The third-order valence-corrected chi connectivity index (χ3v) is 6.05. The van der Waals surface area contributed by atoms with Gasteiger partial charge in [-0.05, 0) is 43.7 Å². The van der Waals surface area contributed by atoms with Gasteiger partial charge >= 0.3 is 0 Å². The van der Waals surface area contributed by atoms with Crippen molar-refractivity contribution in [1.29, 1.82) is 0 Å². The van der Waals surface area contributed by atoms with E-state index in [2.05, 4.69) is 21.9 Å². The summed E-state index contributed by atoms with van der Waals surface area (Å²) in [5.41, 5.74) is 4.82. The first-order valence-electron chi connectivity index (χ1n) is 8.61. The number of hydrogen-bond acceptors (Lipinski definition) is 4. The van der Waals surface area contributed by atoms with Crippen LogP contribution in [0.2, 0.25) is 0 Å². The van der Waals surface area contributed by atoms with Gasteiger partial charge in [0.1, 0.15) is 0 Å². The van der Waals surface area contributed by atoms with E-state index in [-0.39, 0.29) is 0 Å². The molecule has 5 nitrogen and oxygen atoms in total. The molecule has 2 N–H and O–H groups in total. The van der Waals surface area contributed by atoms with Gasteiger partial charge in [0.05, 0.1) is 10.4 Å². The Morgan fingerprint density at radius 3 is 2.46 bits per heavy atom. The number of benzene rings is 2. The highest BCUT2D eigenvalue weighted by atomic mass is 32.2. The molecule has 0 unspecified atom stereocenters. The van der Waals surface area contributed by atoms with Crippen molar-refractivity contribution in [2.75, 3.05) is 12.4 Å². The van der Waals surface area contributed by atoms with Gasteiger partial charge in [0.15, 0.2) is 0 Å². The van der Waals surface area contributed by atoms with Crippen LogP contribution in [0.1, 0.15) is 23.7 Å². The third kappa shape index (κ3) is 3.43. The lowest BCUT2D eigenvalue weighted by Gasteiger charge is -2.17. The molecule has 0 amide bonds. The fourth-order valence-electron chi connectivity index (χ4n) is 3.21. The Hall–Kier alpha value is -2.44. The summed E-state index contributed by atoms with van der Waals surface area (Å²) in [5.74, 6) is 0. The number of aromatic nitrogens is 1. The summed E-state index contributed by atoms with van der Waals surface area (Å²) in [7, 11) is -2.08. The monoisotopic (exact) mass is 369 g/mol. The van der Waals surface area contributed by atoms with E-state index in [1.807, 2.05) is 43.3 Å². The Bertz CT molecular complexity index is 1050. The number of hydrogen-bond donors (Lipinski definition) is 2. The number of para-hydroxylation sites is 1. The highest BCUT2D eigenvalue weighted by Crippen LogP contribution is 2.29. The van der Waals surface area contributed by atoms with Crippen LogP contribution in [0.25, 0.3) is 10.9 Å². The number of fused-ring (bicyclic) bond motifs is 1. The number of aryl methyl sites for hydroxylation is 1. The number of sulfonamides is 1. The zero-order valence-electron chi connectivity index (χ0n) is 15.2. The van der Waals surface area contributed by atoms with E-state index < -0.39 is 10.0 Å². The molecule has 0 fully saturated rings. The second-order valence-electron chi connectivity index (χ2n) is 6.09. The second kappa shape index (κ2) is 7.43. The van der Waals surface area contributed by atoms with Crippen molar-refractivity contribution in [1.82, 2.24) is 9.71 Å². The van der Waals surface area contributed by atoms with Gasteiger partial charge in [-0.15, -0.1) is 0 Å².